The number of carbonyl (C=O) groups is 1. The third-order valence-electron chi connectivity index (χ3n) is 9.47. The smallest absolute Gasteiger partial charge is 0.240 e. The summed E-state index contributed by atoms with van der Waals surface area (Å²) >= 11 is 6.65. The van der Waals surface area contributed by atoms with Crippen LogP contribution < -0.4 is 10.0 Å². The zero-order chi connectivity index (χ0) is 40.2. The van der Waals surface area contributed by atoms with E-state index < -0.39 is 53.4 Å². The maximum Gasteiger partial charge on any atom is 0.240 e. The van der Waals surface area contributed by atoms with Gasteiger partial charge in [0.05, 0.1) is 56.5 Å². The van der Waals surface area contributed by atoms with Crippen LogP contribution in [0.15, 0.2) is 73.1 Å². The molecular formula is C39H36ClF2N7O5S2. The van der Waals surface area contributed by atoms with Gasteiger partial charge in [-0.05, 0) is 87.1 Å². The van der Waals surface area contributed by atoms with Gasteiger partial charge >= 0.3 is 0 Å². The maximum absolute atomic E-state index is 14.6. The maximum atomic E-state index is 14.6. The normalized spacial score (nSPS) is 14.1. The standard InChI is InChI=1S/C39H36ClF2N7O5S2/c1-39(2,56(53,54)27-10-11-27)16-15-26-9-12-28(29-13-14-30(40)35-37(29)48(3)46-38(35)47-55(4,51)52)36(44-26)32(19-23-17-24(41)20-25(42)18-23)45-34(50)21-49-22-43-31-7-5-6-8-33(31)49/h5-9,12-14,17-18,20,22,27,32H,10-11,19,21H2,1-4H3,(H,45,50)(H,46,47)/t32-/m0/s1. The quantitative estimate of drug-likeness (QED) is 0.149. The predicted octanol–water partition coefficient (Wildman–Crippen LogP) is 6.10. The van der Waals surface area contributed by atoms with Crippen LogP contribution in [0.4, 0.5) is 14.6 Å². The van der Waals surface area contributed by atoms with Gasteiger partial charge in [-0.2, -0.15) is 5.10 Å². The number of hydrogen-bond acceptors (Lipinski definition) is 8. The van der Waals surface area contributed by atoms with Crippen LogP contribution in [0.3, 0.4) is 0 Å². The molecule has 1 aliphatic rings. The fourth-order valence-corrected chi connectivity index (χ4v) is 9.19. The van der Waals surface area contributed by atoms with Gasteiger partial charge in [0.2, 0.25) is 15.9 Å². The van der Waals surface area contributed by atoms with Crippen LogP contribution in [-0.4, -0.2) is 63.3 Å². The van der Waals surface area contributed by atoms with Crippen molar-refractivity contribution in [1.29, 1.82) is 0 Å². The lowest BCUT2D eigenvalue weighted by Crippen LogP contribution is -2.34. The molecule has 6 aromatic rings. The lowest BCUT2D eigenvalue weighted by atomic mass is 9.93. The summed E-state index contributed by atoms with van der Waals surface area (Å²) in [5.41, 5.74) is 3.30. The van der Waals surface area contributed by atoms with Crippen LogP contribution in [-0.2, 0) is 44.7 Å². The molecule has 17 heteroatoms. The second-order valence-corrected chi connectivity index (χ2v) is 19.2. The topological polar surface area (TPSA) is 158 Å². The van der Waals surface area contributed by atoms with Gasteiger partial charge in [0, 0.05) is 24.2 Å². The Hall–Kier alpha value is -5.37. The van der Waals surface area contributed by atoms with Crippen LogP contribution in [0, 0.1) is 23.5 Å². The van der Waals surface area contributed by atoms with E-state index in [1.165, 1.54) is 11.0 Å². The molecule has 3 heterocycles. The second-order valence-electron chi connectivity index (χ2n) is 14.3. The van der Waals surface area contributed by atoms with Gasteiger partial charge < -0.3 is 9.88 Å². The lowest BCUT2D eigenvalue weighted by molar-refractivity contribution is -0.122. The molecule has 0 bridgehead atoms. The Kier molecular flexibility index (Phi) is 10.1. The zero-order valence-electron chi connectivity index (χ0n) is 30.6. The molecule has 1 aliphatic carbocycles. The highest BCUT2D eigenvalue weighted by molar-refractivity contribution is 7.93. The number of amides is 1. The summed E-state index contributed by atoms with van der Waals surface area (Å²) in [5.74, 6) is 3.69. The zero-order valence-corrected chi connectivity index (χ0v) is 33.0. The third kappa shape index (κ3) is 7.97. The molecule has 1 saturated carbocycles. The summed E-state index contributed by atoms with van der Waals surface area (Å²) in [7, 11) is -5.73. The van der Waals surface area contributed by atoms with E-state index in [0.29, 0.717) is 45.9 Å². The Morgan fingerprint density at radius 1 is 1.02 bits per heavy atom. The van der Waals surface area contributed by atoms with E-state index in [9.17, 15) is 30.4 Å². The summed E-state index contributed by atoms with van der Waals surface area (Å²) in [6.45, 7) is 2.92. The number of sulfonamides is 1. The number of nitrogens with one attached hydrogen (secondary N) is 2. The molecule has 1 amide bonds. The molecule has 3 aromatic heterocycles. The van der Waals surface area contributed by atoms with Gasteiger partial charge in [-0.1, -0.05) is 35.7 Å². The number of rotatable bonds is 11. The number of fused-ring (bicyclic) bond motifs is 2. The van der Waals surface area contributed by atoms with Crippen molar-refractivity contribution < 1.29 is 30.4 Å². The number of hydrogen-bond donors (Lipinski definition) is 2. The average Bonchev–Trinajstić information content (AvgIpc) is 3.84. The van der Waals surface area contributed by atoms with Gasteiger partial charge in [-0.25, -0.2) is 35.6 Å². The van der Waals surface area contributed by atoms with Crippen molar-refractivity contribution in [1.82, 2.24) is 29.6 Å². The molecule has 56 heavy (non-hydrogen) atoms. The molecule has 3 aromatic carbocycles. The van der Waals surface area contributed by atoms with Crippen molar-refractivity contribution in [3.8, 4) is 23.0 Å². The molecule has 0 unspecified atom stereocenters. The predicted molar refractivity (Wildman–Crippen MR) is 211 cm³/mol. The van der Waals surface area contributed by atoms with Gasteiger partial charge in [0.25, 0.3) is 0 Å². The highest BCUT2D eigenvalue weighted by Gasteiger charge is 2.45. The summed E-state index contributed by atoms with van der Waals surface area (Å²) in [4.78, 5) is 23.2. The van der Waals surface area contributed by atoms with Gasteiger partial charge in [0.15, 0.2) is 15.7 Å². The van der Waals surface area contributed by atoms with Crippen molar-refractivity contribution in [3.05, 3.63) is 107 Å². The van der Waals surface area contributed by atoms with E-state index in [1.54, 1.807) is 49.7 Å². The van der Waals surface area contributed by atoms with Crippen LogP contribution in [0.25, 0.3) is 33.1 Å². The van der Waals surface area contributed by atoms with Crippen molar-refractivity contribution in [2.24, 2.45) is 7.05 Å². The van der Waals surface area contributed by atoms with Gasteiger partial charge in [-0.15, -0.1) is 0 Å². The molecule has 0 spiro atoms. The minimum absolute atomic E-state index is 0.0133. The molecule has 1 atom stereocenters. The summed E-state index contributed by atoms with van der Waals surface area (Å²) in [6.07, 6.45) is 3.54. The van der Waals surface area contributed by atoms with Crippen LogP contribution in [0.2, 0.25) is 5.02 Å². The Balaban J connectivity index is 1.41. The first-order valence-electron chi connectivity index (χ1n) is 17.5. The van der Waals surface area contributed by atoms with Crippen LogP contribution in [0.1, 0.15) is 49.7 Å². The molecule has 7 rings (SSSR count). The molecule has 0 radical (unpaired) electrons. The van der Waals surface area contributed by atoms with Crippen LogP contribution in [0.5, 0.6) is 0 Å². The number of carbonyl (C=O) groups excluding carboxylic acids is 1. The molecular weight excluding hydrogens is 784 g/mol. The van der Waals surface area contributed by atoms with E-state index >= 15 is 0 Å². The summed E-state index contributed by atoms with van der Waals surface area (Å²) in [6, 6.07) is 15.8. The van der Waals surface area contributed by atoms with Crippen molar-refractivity contribution in [2.45, 2.75) is 55.7 Å². The number of aromatic nitrogens is 5. The Morgan fingerprint density at radius 3 is 2.41 bits per heavy atom. The minimum atomic E-state index is -3.77. The number of aryl methyl sites for hydroxylation is 1. The summed E-state index contributed by atoms with van der Waals surface area (Å²) in [5, 5.41) is 7.44. The minimum Gasteiger partial charge on any atom is -0.346 e. The molecule has 0 saturated heterocycles. The highest BCUT2D eigenvalue weighted by Crippen LogP contribution is 2.40. The van der Waals surface area contributed by atoms with E-state index in [2.05, 4.69) is 32.0 Å². The number of benzene rings is 3. The fraction of sp³-hybridized carbons (Fsp3) is 0.282. The van der Waals surface area contributed by atoms with E-state index in [-0.39, 0.29) is 40.8 Å². The Morgan fingerprint density at radius 2 is 1.71 bits per heavy atom. The first kappa shape index (κ1) is 38.9. The number of imidazole rings is 1. The average molecular weight is 820 g/mol. The first-order valence-corrected chi connectivity index (χ1v) is 21.3. The van der Waals surface area contributed by atoms with E-state index in [4.69, 9.17) is 16.6 Å². The van der Waals surface area contributed by atoms with Gasteiger partial charge in [0.1, 0.15) is 28.6 Å². The lowest BCUT2D eigenvalue weighted by Gasteiger charge is -2.23. The monoisotopic (exact) mass is 819 g/mol. The molecule has 12 nitrogen and oxygen atoms in total. The van der Waals surface area contributed by atoms with Crippen molar-refractivity contribution in [2.75, 3.05) is 11.0 Å². The van der Waals surface area contributed by atoms with E-state index in [1.807, 2.05) is 24.3 Å². The van der Waals surface area contributed by atoms with Gasteiger partial charge in [-0.3, -0.25) is 14.2 Å². The molecule has 290 valence electrons. The number of pyridine rings is 1. The molecule has 1 fully saturated rings. The Bertz CT molecular complexity index is 2820. The Labute approximate surface area is 327 Å². The number of para-hydroxylation sites is 2. The van der Waals surface area contributed by atoms with Crippen molar-refractivity contribution >= 4 is 65.1 Å². The van der Waals surface area contributed by atoms with Crippen LogP contribution >= 0.6 is 11.6 Å². The number of nitrogens with zero attached hydrogens (tertiary/aromatic N) is 5. The van der Waals surface area contributed by atoms with E-state index in [0.717, 1.165) is 24.5 Å². The summed E-state index contributed by atoms with van der Waals surface area (Å²) < 4.78 is 84.3. The molecule has 0 aliphatic heterocycles. The second kappa shape index (κ2) is 14.6. The van der Waals surface area contributed by atoms with Crippen molar-refractivity contribution in [3.63, 3.8) is 0 Å². The first-order chi connectivity index (χ1) is 26.4. The SMILES string of the molecule is Cn1nc(NS(C)(=O)=O)c2c(Cl)ccc(-c3ccc(C#CC(C)(C)S(=O)(=O)C4CC4)nc3[C@H](Cc3cc(F)cc(F)c3)NC(=O)Cn3cnc4ccccc43)c21. The number of halogens is 3. The fourth-order valence-electron chi connectivity index (χ4n) is 6.67. The number of sulfone groups is 1. The largest absolute Gasteiger partial charge is 0.346 e. The number of anilines is 1. The molecule has 2 N–H and O–H groups in total. The highest BCUT2D eigenvalue weighted by atomic mass is 35.5. The third-order valence-corrected chi connectivity index (χ3v) is 13.2.